The first kappa shape index (κ1) is 96.4. The third kappa shape index (κ3) is 43.1. The van der Waals surface area contributed by atoms with Gasteiger partial charge in [0.2, 0.25) is 10.2 Å². The first-order chi connectivity index (χ1) is 47.4. The van der Waals surface area contributed by atoms with E-state index in [4.69, 9.17) is 18.9 Å². The minimum Gasteiger partial charge on any atom is -0.501 e. The van der Waals surface area contributed by atoms with E-state index in [1.807, 2.05) is 135 Å². The maximum absolute atomic E-state index is 12.3. The van der Waals surface area contributed by atoms with Crippen molar-refractivity contribution in [3.63, 3.8) is 0 Å². The third-order valence-electron chi connectivity index (χ3n) is 14.8. The van der Waals surface area contributed by atoms with Crippen molar-refractivity contribution in [2.45, 2.75) is 310 Å². The van der Waals surface area contributed by atoms with Crippen molar-refractivity contribution in [1.29, 1.82) is 0 Å². The predicted molar refractivity (Wildman–Crippen MR) is 458 cm³/mol. The fraction of sp³-hybridized carbons (Fsp3) is 0.537. The molecule has 0 aliphatic heterocycles. The first-order valence-corrected chi connectivity index (χ1v) is 39.0. The van der Waals surface area contributed by atoms with Gasteiger partial charge >= 0.3 is 5.97 Å². The van der Waals surface area contributed by atoms with Crippen molar-refractivity contribution in [2.75, 3.05) is 7.11 Å². The second-order valence-corrected chi connectivity index (χ2v) is 42.7. The Balaban J connectivity index is 0.000000631. The predicted octanol–water partition coefficient (Wildman–Crippen LogP) is 26.9. The van der Waals surface area contributed by atoms with Gasteiger partial charge in [0.1, 0.15) is 16.8 Å². The van der Waals surface area contributed by atoms with Gasteiger partial charge in [0, 0.05) is 52.3 Å². The third-order valence-corrected chi connectivity index (χ3v) is 16.8. The second-order valence-electron chi connectivity index (χ2n) is 39.1. The van der Waals surface area contributed by atoms with Crippen molar-refractivity contribution < 1.29 is 33.3 Å². The number of allylic oxidation sites excluding steroid dienone is 3. The molecule has 0 saturated carbocycles. The molecule has 0 spiro atoms. The molecule has 0 atom stereocenters. The van der Waals surface area contributed by atoms with Gasteiger partial charge in [-0.05, 0) is 176 Å². The van der Waals surface area contributed by atoms with Crippen LogP contribution in [0.5, 0.6) is 0 Å². The largest absolute Gasteiger partial charge is 0.501 e. The average Bonchev–Trinajstić information content (AvgIpc) is 0.831. The first-order valence-electron chi connectivity index (χ1n) is 37.4. The molecule has 6 rings (SSSR count). The smallest absolute Gasteiger partial charge is 0.338 e. The summed E-state index contributed by atoms with van der Waals surface area (Å²) in [5, 5.41) is 0.365. The molecule has 8 nitrogen and oxygen atoms in total. The number of pyridine rings is 1. The fourth-order valence-electron chi connectivity index (χ4n) is 11.0. The summed E-state index contributed by atoms with van der Waals surface area (Å²) < 4.78 is 22.1. The highest BCUT2D eigenvalue weighted by atomic mass is 32.2. The van der Waals surface area contributed by atoms with E-state index < -0.39 is 5.60 Å². The Labute approximate surface area is 650 Å². The molecule has 5 aromatic carbocycles. The Morgan fingerprint density at radius 1 is 0.333 bits per heavy atom. The van der Waals surface area contributed by atoms with Crippen LogP contribution in [0.1, 0.15) is 310 Å². The van der Waals surface area contributed by atoms with Gasteiger partial charge in [0.05, 0.1) is 30.0 Å². The Kier molecular flexibility index (Phi) is 37.2. The minimum absolute atomic E-state index is 0.0358. The summed E-state index contributed by atoms with van der Waals surface area (Å²) in [6.07, 6.45) is 8.82. The number of ether oxygens (including phenoxy) is 4. The Morgan fingerprint density at radius 2 is 0.600 bits per heavy atom. The van der Waals surface area contributed by atoms with Gasteiger partial charge in [-0.3, -0.25) is 14.6 Å². The number of esters is 1. The van der Waals surface area contributed by atoms with E-state index in [-0.39, 0.29) is 69.4 Å². The van der Waals surface area contributed by atoms with Crippen molar-refractivity contribution in [3.05, 3.63) is 244 Å². The molecule has 1 aromatic heterocycles. The minimum atomic E-state index is -0.452. The van der Waals surface area contributed by atoms with E-state index in [1.165, 1.54) is 56.9 Å². The number of methoxy groups -OCH3 is 1. The van der Waals surface area contributed by atoms with Crippen LogP contribution >= 0.6 is 23.5 Å². The number of rotatable bonds is 15. The summed E-state index contributed by atoms with van der Waals surface area (Å²) in [7, 11) is 1.67. The van der Waals surface area contributed by atoms with Gasteiger partial charge in [-0.25, -0.2) is 4.79 Å². The molecule has 0 fully saturated rings. The number of hydrogen-bond donors (Lipinski definition) is 0. The molecule has 0 unspecified atom stereocenters. The molecular formula is C95H143NO7S2. The molecule has 0 bridgehead atoms. The van der Waals surface area contributed by atoms with Gasteiger partial charge in [-0.2, -0.15) is 0 Å². The van der Waals surface area contributed by atoms with Crippen LogP contribution in [0.2, 0.25) is 0 Å². The number of thioether (sulfide) groups is 2. The summed E-state index contributed by atoms with van der Waals surface area (Å²) >= 11 is 2.82. The van der Waals surface area contributed by atoms with Gasteiger partial charge in [-0.1, -0.05) is 325 Å². The number of carbonyl (C=O) groups excluding carboxylic acids is 3. The van der Waals surface area contributed by atoms with Crippen LogP contribution < -0.4 is 0 Å². The fourth-order valence-corrected chi connectivity index (χ4v) is 12.8. The zero-order valence-corrected chi connectivity index (χ0v) is 73.9. The number of benzene rings is 5. The molecular weight excluding hydrogens is 1330 g/mol. The number of hydrogen-bond acceptors (Lipinski definition) is 10. The van der Waals surface area contributed by atoms with Crippen LogP contribution in [-0.4, -0.2) is 54.6 Å². The lowest BCUT2D eigenvalue weighted by Gasteiger charge is -2.26. The molecule has 0 aliphatic rings. The van der Waals surface area contributed by atoms with Gasteiger partial charge < -0.3 is 18.9 Å². The zero-order valence-electron chi connectivity index (χ0n) is 72.3. The summed E-state index contributed by atoms with van der Waals surface area (Å²) in [5.41, 5.74) is 13.8. The molecule has 1 heterocycles. The summed E-state index contributed by atoms with van der Waals surface area (Å²) in [6.45, 7) is 81.9. The number of nitrogens with zero attached hydrogens (tertiary/aromatic N) is 1. The molecule has 10 heteroatoms. The molecule has 0 aliphatic carbocycles. The maximum Gasteiger partial charge on any atom is 0.338 e. The lowest BCUT2D eigenvalue weighted by molar-refractivity contribution is 0.00673. The molecule has 0 radical (unpaired) electrons. The van der Waals surface area contributed by atoms with Crippen molar-refractivity contribution >= 4 is 39.7 Å². The van der Waals surface area contributed by atoms with Crippen LogP contribution in [0, 0.1) is 16.2 Å². The topological polar surface area (TPSA) is 101 Å². The van der Waals surface area contributed by atoms with Crippen molar-refractivity contribution in [1.82, 2.24) is 4.98 Å². The molecule has 582 valence electrons. The van der Waals surface area contributed by atoms with E-state index in [1.54, 1.807) is 7.11 Å². The van der Waals surface area contributed by atoms with E-state index in [9.17, 15) is 14.4 Å². The quantitative estimate of drug-likeness (QED) is 0.0730. The standard InChI is InChI=1S/C17H26O.C16H25NO.C16H24O2.2C16H24OS.C14H20O/c1-13(18-17(5,6)7)12-14-10-8-9-11-15(14)16(2,3)4;1-12(18-16(5,6)7)10-13-8-9-17-11-14(13)15(2,3)4;3*1-15(2,3)11-12-9-7-8-10-13(12)14(17)18-16(4,5)6;1-11(15-5)10-12-8-6-7-9-13(12)14(2,3)4/h8-11H,1,12H2,2-7H3;8-9,11H,1,10H2,2-7H3;3*7-10H,11H2,1-6H3;6-9H,1,10H2,2-5H3. The van der Waals surface area contributed by atoms with Gasteiger partial charge in [0.15, 0.2) is 0 Å². The normalized spacial score (nSPS) is 12.2. The Hall–Kier alpha value is -6.62. The average molecular weight is 1480 g/mol. The highest BCUT2D eigenvalue weighted by Crippen LogP contribution is 2.35. The van der Waals surface area contributed by atoms with Crippen molar-refractivity contribution in [3.8, 4) is 0 Å². The summed E-state index contributed by atoms with van der Waals surface area (Å²) in [6, 6.07) is 42.7. The maximum atomic E-state index is 12.3. The van der Waals surface area contributed by atoms with Crippen LogP contribution in [0.15, 0.2) is 177 Å². The lowest BCUT2D eigenvalue weighted by Crippen LogP contribution is -2.25. The van der Waals surface area contributed by atoms with Gasteiger partial charge in [-0.15, -0.1) is 0 Å². The number of carbonyl (C=O) groups is 3. The number of aromatic nitrogens is 1. The van der Waals surface area contributed by atoms with Crippen LogP contribution in [0.3, 0.4) is 0 Å². The van der Waals surface area contributed by atoms with E-state index in [0.29, 0.717) is 5.56 Å². The SMILES string of the molecule is C=C(Cc1ccccc1C(C)(C)C)OC.C=C(Cc1ccccc1C(C)(C)C)OC(C)(C)C.C=C(Cc1ccncc1C(C)(C)C)OC(C)(C)C.CC(C)(C)Cc1ccccc1C(=O)OC(C)(C)C.CC(C)(C)Cc1ccccc1C(=O)SC(C)(C)C.CC(C)(C)Cc1ccccc1C(=O)SC(C)(C)C. The van der Waals surface area contributed by atoms with Crippen LogP contribution in [-0.2, 0) is 73.7 Å². The molecule has 105 heavy (non-hydrogen) atoms. The molecule has 6 aromatic rings. The summed E-state index contributed by atoms with van der Waals surface area (Å²) in [5.74, 6) is 2.22. The molecule has 0 amide bonds. The molecule has 0 saturated heterocycles. The van der Waals surface area contributed by atoms with Crippen LogP contribution in [0.4, 0.5) is 0 Å². The highest BCUT2D eigenvalue weighted by Gasteiger charge is 2.27. The molecule has 0 N–H and O–H groups in total. The van der Waals surface area contributed by atoms with E-state index in [0.717, 1.165) is 83.6 Å². The van der Waals surface area contributed by atoms with Gasteiger partial charge in [0.25, 0.3) is 0 Å². The Bertz CT molecular complexity index is 3430. The lowest BCUT2D eigenvalue weighted by atomic mass is 9.83. The van der Waals surface area contributed by atoms with E-state index >= 15 is 0 Å². The van der Waals surface area contributed by atoms with E-state index in [2.05, 4.69) is 258 Å². The Morgan fingerprint density at radius 3 is 0.886 bits per heavy atom. The zero-order chi connectivity index (χ0) is 81.3. The highest BCUT2D eigenvalue weighted by molar-refractivity contribution is 8.15. The monoisotopic (exact) mass is 1470 g/mol. The summed E-state index contributed by atoms with van der Waals surface area (Å²) in [4.78, 5) is 41.0. The second kappa shape index (κ2) is 40.5. The van der Waals surface area contributed by atoms with Crippen molar-refractivity contribution in [2.24, 2.45) is 16.2 Å². The van der Waals surface area contributed by atoms with Crippen LogP contribution in [0.25, 0.3) is 0 Å².